The molecule has 0 aromatic heterocycles. The molecule has 0 aromatic rings. The molecule has 1 fully saturated rings. The van der Waals surface area contributed by atoms with E-state index in [1.807, 2.05) is 13.8 Å². The fourth-order valence-electron chi connectivity index (χ4n) is 2.04. The lowest BCUT2D eigenvalue weighted by Gasteiger charge is -2.33. The Morgan fingerprint density at radius 3 is 2.47 bits per heavy atom. The molecule has 0 heterocycles. The van der Waals surface area contributed by atoms with Crippen LogP contribution in [0.5, 0.6) is 0 Å². The van der Waals surface area contributed by atoms with Gasteiger partial charge in [-0.15, -0.1) is 0 Å². The third-order valence-electron chi connectivity index (χ3n) is 3.34. The van der Waals surface area contributed by atoms with Gasteiger partial charge < -0.3 is 15.2 Å². The van der Waals surface area contributed by atoms with Crippen molar-refractivity contribution in [3.8, 4) is 0 Å². The molecule has 0 saturated heterocycles. The highest BCUT2D eigenvalue weighted by atomic mass is 16.6. The van der Waals surface area contributed by atoms with Crippen molar-refractivity contribution in [2.75, 3.05) is 13.2 Å². The van der Waals surface area contributed by atoms with Crippen LogP contribution in [0.3, 0.4) is 0 Å². The van der Waals surface area contributed by atoms with E-state index in [0.29, 0.717) is 19.1 Å². The van der Waals surface area contributed by atoms with Crippen LogP contribution in [0.25, 0.3) is 0 Å². The fraction of sp³-hybridized carbons (Fsp3) is 0.923. The lowest BCUT2D eigenvalue weighted by molar-refractivity contribution is -0.153. The standard InChI is InChI=1S/C13H25NO3/c1-10(2)16-8-9-17-12(15)13(14)6-4-11(3)5-7-13/h10-11H,4-9,14H2,1-3H3. The summed E-state index contributed by atoms with van der Waals surface area (Å²) in [5, 5.41) is 0. The minimum atomic E-state index is -0.760. The molecule has 17 heavy (non-hydrogen) atoms. The maximum Gasteiger partial charge on any atom is 0.326 e. The van der Waals surface area contributed by atoms with Crippen LogP contribution in [-0.2, 0) is 14.3 Å². The average molecular weight is 243 g/mol. The van der Waals surface area contributed by atoms with E-state index < -0.39 is 5.54 Å². The largest absolute Gasteiger partial charge is 0.462 e. The molecule has 4 nitrogen and oxygen atoms in total. The van der Waals surface area contributed by atoms with Crippen molar-refractivity contribution < 1.29 is 14.3 Å². The van der Waals surface area contributed by atoms with E-state index in [9.17, 15) is 4.79 Å². The van der Waals surface area contributed by atoms with E-state index in [4.69, 9.17) is 15.2 Å². The van der Waals surface area contributed by atoms with E-state index in [2.05, 4.69) is 6.92 Å². The van der Waals surface area contributed by atoms with Crippen molar-refractivity contribution in [2.45, 2.75) is 58.1 Å². The van der Waals surface area contributed by atoms with E-state index >= 15 is 0 Å². The molecule has 0 aromatic carbocycles. The van der Waals surface area contributed by atoms with Gasteiger partial charge in [0.25, 0.3) is 0 Å². The third kappa shape index (κ3) is 4.64. The summed E-state index contributed by atoms with van der Waals surface area (Å²) in [4.78, 5) is 11.9. The maximum absolute atomic E-state index is 11.9. The Morgan fingerprint density at radius 1 is 1.35 bits per heavy atom. The zero-order valence-corrected chi connectivity index (χ0v) is 11.2. The SMILES string of the molecule is CC1CCC(N)(C(=O)OCCOC(C)C)CC1. The highest BCUT2D eigenvalue weighted by molar-refractivity contribution is 5.80. The number of carbonyl (C=O) groups is 1. The summed E-state index contributed by atoms with van der Waals surface area (Å²) in [6.45, 7) is 6.84. The Hall–Kier alpha value is -0.610. The van der Waals surface area contributed by atoms with Crippen molar-refractivity contribution in [1.82, 2.24) is 0 Å². The highest BCUT2D eigenvalue weighted by Gasteiger charge is 2.38. The maximum atomic E-state index is 11.9. The van der Waals surface area contributed by atoms with E-state index in [1.165, 1.54) is 0 Å². The van der Waals surface area contributed by atoms with Crippen molar-refractivity contribution in [3.63, 3.8) is 0 Å². The molecule has 1 aliphatic carbocycles. The fourth-order valence-corrected chi connectivity index (χ4v) is 2.04. The number of esters is 1. The molecule has 0 bridgehead atoms. The molecule has 2 N–H and O–H groups in total. The predicted molar refractivity (Wildman–Crippen MR) is 66.6 cm³/mol. The summed E-state index contributed by atoms with van der Waals surface area (Å²) in [7, 11) is 0. The van der Waals surface area contributed by atoms with Crippen LogP contribution in [0, 0.1) is 5.92 Å². The van der Waals surface area contributed by atoms with Gasteiger partial charge in [-0.05, 0) is 45.4 Å². The van der Waals surface area contributed by atoms with Gasteiger partial charge in [0, 0.05) is 0 Å². The highest BCUT2D eigenvalue weighted by Crippen LogP contribution is 2.30. The molecule has 100 valence electrons. The Kier molecular flexibility index (Phi) is 5.40. The summed E-state index contributed by atoms with van der Waals surface area (Å²) in [5.41, 5.74) is 5.33. The lowest BCUT2D eigenvalue weighted by Crippen LogP contribution is -2.51. The number of ether oxygens (including phenoxy) is 2. The molecule has 0 unspecified atom stereocenters. The first-order valence-electron chi connectivity index (χ1n) is 6.52. The summed E-state index contributed by atoms with van der Waals surface area (Å²) in [6.07, 6.45) is 3.65. The number of nitrogens with two attached hydrogens (primary N) is 1. The first-order valence-corrected chi connectivity index (χ1v) is 6.52. The summed E-state index contributed by atoms with van der Waals surface area (Å²) >= 11 is 0. The molecule has 1 aliphatic rings. The predicted octanol–water partition coefficient (Wildman–Crippen LogP) is 1.86. The molecular formula is C13H25NO3. The van der Waals surface area contributed by atoms with Crippen molar-refractivity contribution in [3.05, 3.63) is 0 Å². The molecule has 0 atom stereocenters. The first-order chi connectivity index (χ1) is 7.94. The second-order valence-corrected chi connectivity index (χ2v) is 5.39. The topological polar surface area (TPSA) is 61.6 Å². The van der Waals surface area contributed by atoms with Crippen LogP contribution in [-0.4, -0.2) is 30.8 Å². The summed E-state index contributed by atoms with van der Waals surface area (Å²) < 4.78 is 10.5. The van der Waals surface area contributed by atoms with E-state index in [1.54, 1.807) is 0 Å². The first kappa shape index (κ1) is 14.5. The monoisotopic (exact) mass is 243 g/mol. The summed E-state index contributed by atoms with van der Waals surface area (Å²) in [5.74, 6) is 0.403. The number of rotatable bonds is 5. The third-order valence-corrected chi connectivity index (χ3v) is 3.34. The number of carbonyl (C=O) groups excluding carboxylic acids is 1. The van der Waals surface area contributed by atoms with Crippen molar-refractivity contribution in [1.29, 1.82) is 0 Å². The lowest BCUT2D eigenvalue weighted by atomic mass is 9.78. The Labute approximate surface area is 104 Å². The van der Waals surface area contributed by atoms with Crippen molar-refractivity contribution >= 4 is 5.97 Å². The molecule has 0 spiro atoms. The molecule has 0 radical (unpaired) electrons. The Morgan fingerprint density at radius 2 is 1.94 bits per heavy atom. The Bertz CT molecular complexity index is 245. The van der Waals surface area contributed by atoms with Crippen molar-refractivity contribution in [2.24, 2.45) is 11.7 Å². The minimum absolute atomic E-state index is 0.163. The van der Waals surface area contributed by atoms with Crippen LogP contribution in [0.1, 0.15) is 46.5 Å². The quantitative estimate of drug-likeness (QED) is 0.591. The van der Waals surface area contributed by atoms with E-state index in [0.717, 1.165) is 25.7 Å². The van der Waals surface area contributed by atoms with Gasteiger partial charge in [-0.1, -0.05) is 6.92 Å². The molecular weight excluding hydrogens is 218 g/mol. The normalized spacial score (nSPS) is 29.4. The van der Waals surface area contributed by atoms with Gasteiger partial charge in [0.1, 0.15) is 12.1 Å². The number of hydrogen-bond acceptors (Lipinski definition) is 4. The zero-order chi connectivity index (χ0) is 12.9. The van der Waals surface area contributed by atoms with Crippen LogP contribution in [0.2, 0.25) is 0 Å². The van der Waals surface area contributed by atoms with Gasteiger partial charge in [0.15, 0.2) is 0 Å². The van der Waals surface area contributed by atoms with Gasteiger partial charge in [0.2, 0.25) is 0 Å². The number of hydrogen-bond donors (Lipinski definition) is 1. The molecule has 1 saturated carbocycles. The van der Waals surface area contributed by atoms with E-state index in [-0.39, 0.29) is 12.1 Å². The molecule has 0 aliphatic heterocycles. The smallest absolute Gasteiger partial charge is 0.326 e. The molecule has 0 amide bonds. The van der Waals surface area contributed by atoms with Gasteiger partial charge >= 0.3 is 5.97 Å². The van der Waals surface area contributed by atoms with Crippen LogP contribution >= 0.6 is 0 Å². The summed E-state index contributed by atoms with van der Waals surface area (Å²) in [6, 6.07) is 0. The van der Waals surface area contributed by atoms with Crippen LogP contribution in [0.15, 0.2) is 0 Å². The van der Waals surface area contributed by atoms with Crippen LogP contribution < -0.4 is 5.73 Å². The van der Waals surface area contributed by atoms with Gasteiger partial charge in [-0.25, -0.2) is 0 Å². The molecule has 1 rings (SSSR count). The van der Waals surface area contributed by atoms with Gasteiger partial charge in [0.05, 0.1) is 12.7 Å². The van der Waals surface area contributed by atoms with Gasteiger partial charge in [-0.3, -0.25) is 4.79 Å². The minimum Gasteiger partial charge on any atom is -0.462 e. The second kappa shape index (κ2) is 6.36. The molecule has 4 heteroatoms. The van der Waals surface area contributed by atoms with Crippen LogP contribution in [0.4, 0.5) is 0 Å². The second-order valence-electron chi connectivity index (χ2n) is 5.39. The Balaban J connectivity index is 2.27. The van der Waals surface area contributed by atoms with Gasteiger partial charge in [-0.2, -0.15) is 0 Å². The average Bonchev–Trinajstić information content (AvgIpc) is 2.28. The zero-order valence-electron chi connectivity index (χ0n) is 11.2.